The summed E-state index contributed by atoms with van der Waals surface area (Å²) in [4.78, 5) is 0. The SMILES string of the molecule is Cc1ccccc1[C@@H](O)CC#N. The number of aliphatic hydroxyl groups excluding tert-OH is 1. The van der Waals surface area contributed by atoms with Crippen molar-refractivity contribution in [3.8, 4) is 6.07 Å². The first-order chi connectivity index (χ1) is 5.75. The third kappa shape index (κ3) is 1.84. The van der Waals surface area contributed by atoms with Gasteiger partial charge in [0.25, 0.3) is 0 Å². The molecule has 1 atom stereocenters. The molecular formula is C10H11NO. The minimum Gasteiger partial charge on any atom is -0.387 e. The molecule has 1 rings (SSSR count). The zero-order chi connectivity index (χ0) is 8.97. The van der Waals surface area contributed by atoms with Crippen molar-refractivity contribution in [1.82, 2.24) is 0 Å². The molecule has 0 aliphatic carbocycles. The second-order valence-corrected chi connectivity index (χ2v) is 2.73. The van der Waals surface area contributed by atoms with Gasteiger partial charge in [-0.25, -0.2) is 0 Å². The van der Waals surface area contributed by atoms with Gasteiger partial charge in [0.1, 0.15) is 0 Å². The topological polar surface area (TPSA) is 44.0 Å². The molecule has 0 unspecified atom stereocenters. The lowest BCUT2D eigenvalue weighted by Gasteiger charge is -2.09. The standard InChI is InChI=1S/C10H11NO/c1-8-4-2-3-5-9(8)10(12)6-7-11/h2-5,10,12H,6H2,1H3/t10-/m0/s1. The summed E-state index contributed by atoms with van der Waals surface area (Å²) >= 11 is 0. The maximum absolute atomic E-state index is 9.48. The maximum atomic E-state index is 9.48. The van der Waals surface area contributed by atoms with Crippen LogP contribution in [-0.4, -0.2) is 5.11 Å². The lowest BCUT2D eigenvalue weighted by atomic mass is 10.0. The van der Waals surface area contributed by atoms with Crippen molar-refractivity contribution in [2.45, 2.75) is 19.4 Å². The first-order valence-corrected chi connectivity index (χ1v) is 3.86. The molecule has 0 aliphatic heterocycles. The van der Waals surface area contributed by atoms with Gasteiger partial charge in [0.05, 0.1) is 18.6 Å². The summed E-state index contributed by atoms with van der Waals surface area (Å²) in [5.74, 6) is 0. The molecule has 0 aromatic heterocycles. The first-order valence-electron chi connectivity index (χ1n) is 3.86. The molecule has 0 radical (unpaired) electrons. The molecule has 12 heavy (non-hydrogen) atoms. The fourth-order valence-corrected chi connectivity index (χ4v) is 1.16. The van der Waals surface area contributed by atoms with E-state index in [9.17, 15) is 5.11 Å². The van der Waals surface area contributed by atoms with Crippen molar-refractivity contribution < 1.29 is 5.11 Å². The third-order valence-corrected chi connectivity index (χ3v) is 1.83. The molecule has 0 fully saturated rings. The summed E-state index contributed by atoms with van der Waals surface area (Å²) in [5.41, 5.74) is 1.87. The maximum Gasteiger partial charge on any atom is 0.0922 e. The Balaban J connectivity index is 2.88. The Morgan fingerprint density at radius 2 is 2.17 bits per heavy atom. The quantitative estimate of drug-likeness (QED) is 0.720. The number of hydrogen-bond acceptors (Lipinski definition) is 2. The second-order valence-electron chi connectivity index (χ2n) is 2.73. The van der Waals surface area contributed by atoms with Crippen LogP contribution in [0.1, 0.15) is 23.7 Å². The zero-order valence-electron chi connectivity index (χ0n) is 6.99. The molecule has 2 heteroatoms. The van der Waals surface area contributed by atoms with E-state index in [-0.39, 0.29) is 6.42 Å². The van der Waals surface area contributed by atoms with Gasteiger partial charge in [0.15, 0.2) is 0 Å². The lowest BCUT2D eigenvalue weighted by molar-refractivity contribution is 0.182. The van der Waals surface area contributed by atoms with Crippen LogP contribution in [0, 0.1) is 18.3 Å². The summed E-state index contributed by atoms with van der Waals surface area (Å²) in [6.07, 6.45) is -0.485. The van der Waals surface area contributed by atoms with Crippen LogP contribution in [-0.2, 0) is 0 Å². The molecule has 1 N–H and O–H groups in total. The Kier molecular flexibility index (Phi) is 2.84. The van der Waals surface area contributed by atoms with Crippen LogP contribution in [0.25, 0.3) is 0 Å². The minimum absolute atomic E-state index is 0.158. The molecule has 1 aromatic carbocycles. The van der Waals surface area contributed by atoms with Crippen LogP contribution in [0.3, 0.4) is 0 Å². The van der Waals surface area contributed by atoms with E-state index in [0.717, 1.165) is 11.1 Å². The smallest absolute Gasteiger partial charge is 0.0922 e. The van der Waals surface area contributed by atoms with Gasteiger partial charge in [-0.15, -0.1) is 0 Å². The predicted molar refractivity (Wildman–Crippen MR) is 46.4 cm³/mol. The van der Waals surface area contributed by atoms with Crippen LogP contribution in [0.5, 0.6) is 0 Å². The van der Waals surface area contributed by atoms with E-state index in [1.807, 2.05) is 37.3 Å². The first kappa shape index (κ1) is 8.76. The summed E-state index contributed by atoms with van der Waals surface area (Å²) in [6, 6.07) is 9.49. The Labute approximate surface area is 72.1 Å². The Hall–Kier alpha value is -1.33. The zero-order valence-corrected chi connectivity index (χ0v) is 6.99. The Bertz CT molecular complexity index is 301. The molecule has 2 nitrogen and oxygen atoms in total. The number of rotatable bonds is 2. The van der Waals surface area contributed by atoms with E-state index in [1.165, 1.54) is 0 Å². The fourth-order valence-electron chi connectivity index (χ4n) is 1.16. The van der Waals surface area contributed by atoms with Crippen LogP contribution in [0.15, 0.2) is 24.3 Å². The number of nitrogens with zero attached hydrogens (tertiary/aromatic N) is 1. The molecule has 0 saturated carbocycles. The second kappa shape index (κ2) is 3.89. The highest BCUT2D eigenvalue weighted by atomic mass is 16.3. The van der Waals surface area contributed by atoms with E-state index < -0.39 is 6.10 Å². The number of nitriles is 1. The average molecular weight is 161 g/mol. The predicted octanol–water partition coefficient (Wildman–Crippen LogP) is 1.94. The summed E-state index contributed by atoms with van der Waals surface area (Å²) in [5, 5.41) is 17.9. The van der Waals surface area contributed by atoms with Gasteiger partial charge in [0, 0.05) is 0 Å². The summed E-state index contributed by atoms with van der Waals surface area (Å²) < 4.78 is 0. The molecule has 62 valence electrons. The molecule has 0 amide bonds. The molecule has 0 bridgehead atoms. The number of hydrogen-bond donors (Lipinski definition) is 1. The van der Waals surface area contributed by atoms with Gasteiger partial charge < -0.3 is 5.11 Å². The highest BCUT2D eigenvalue weighted by Crippen LogP contribution is 2.19. The Morgan fingerprint density at radius 3 is 2.75 bits per heavy atom. The van der Waals surface area contributed by atoms with Gasteiger partial charge in [-0.3, -0.25) is 0 Å². The van der Waals surface area contributed by atoms with Crippen molar-refractivity contribution in [3.05, 3.63) is 35.4 Å². The van der Waals surface area contributed by atoms with Gasteiger partial charge in [-0.05, 0) is 18.1 Å². The average Bonchev–Trinajstić information content (AvgIpc) is 2.05. The minimum atomic E-state index is -0.642. The van der Waals surface area contributed by atoms with Gasteiger partial charge >= 0.3 is 0 Å². The number of aliphatic hydroxyl groups is 1. The van der Waals surface area contributed by atoms with E-state index in [2.05, 4.69) is 0 Å². The fraction of sp³-hybridized carbons (Fsp3) is 0.300. The van der Waals surface area contributed by atoms with Crippen LogP contribution in [0.4, 0.5) is 0 Å². The number of benzene rings is 1. The van der Waals surface area contributed by atoms with Crippen molar-refractivity contribution in [1.29, 1.82) is 5.26 Å². The van der Waals surface area contributed by atoms with E-state index >= 15 is 0 Å². The number of aryl methyl sites for hydroxylation is 1. The molecule has 1 aromatic rings. The van der Waals surface area contributed by atoms with Crippen molar-refractivity contribution >= 4 is 0 Å². The van der Waals surface area contributed by atoms with Gasteiger partial charge in [-0.2, -0.15) is 5.26 Å². The summed E-state index contributed by atoms with van der Waals surface area (Å²) in [6.45, 7) is 1.93. The Morgan fingerprint density at radius 1 is 1.50 bits per heavy atom. The highest BCUT2D eigenvalue weighted by molar-refractivity contribution is 5.27. The summed E-state index contributed by atoms with van der Waals surface area (Å²) in [7, 11) is 0. The van der Waals surface area contributed by atoms with E-state index in [4.69, 9.17) is 5.26 Å². The van der Waals surface area contributed by atoms with Crippen molar-refractivity contribution in [3.63, 3.8) is 0 Å². The third-order valence-electron chi connectivity index (χ3n) is 1.83. The van der Waals surface area contributed by atoms with Crippen LogP contribution in [0.2, 0.25) is 0 Å². The van der Waals surface area contributed by atoms with E-state index in [0.29, 0.717) is 0 Å². The molecule has 0 aliphatic rings. The normalized spacial score (nSPS) is 12.1. The van der Waals surface area contributed by atoms with Crippen LogP contribution >= 0.6 is 0 Å². The molecule has 0 heterocycles. The monoisotopic (exact) mass is 161 g/mol. The lowest BCUT2D eigenvalue weighted by Crippen LogP contribution is -1.97. The van der Waals surface area contributed by atoms with Crippen molar-refractivity contribution in [2.24, 2.45) is 0 Å². The molecule has 0 saturated heterocycles. The highest BCUT2D eigenvalue weighted by Gasteiger charge is 2.07. The van der Waals surface area contributed by atoms with Crippen LogP contribution < -0.4 is 0 Å². The van der Waals surface area contributed by atoms with Gasteiger partial charge in [-0.1, -0.05) is 24.3 Å². The van der Waals surface area contributed by atoms with Gasteiger partial charge in [0.2, 0.25) is 0 Å². The molecule has 0 spiro atoms. The van der Waals surface area contributed by atoms with Crippen molar-refractivity contribution in [2.75, 3.05) is 0 Å². The largest absolute Gasteiger partial charge is 0.387 e. The van der Waals surface area contributed by atoms with E-state index in [1.54, 1.807) is 0 Å². The molecular weight excluding hydrogens is 150 g/mol.